The summed E-state index contributed by atoms with van der Waals surface area (Å²) in [5.74, 6) is 0.791. The molecule has 0 aliphatic heterocycles. The maximum Gasteiger partial charge on any atom is 0.225 e. The molecule has 3 N–H and O–H groups in total. The number of nitrogens with one attached hydrogen (secondary N) is 1. The summed E-state index contributed by atoms with van der Waals surface area (Å²) < 4.78 is 0. The van der Waals surface area contributed by atoms with E-state index >= 15 is 0 Å². The zero-order chi connectivity index (χ0) is 12.0. The molecule has 0 bridgehead atoms. The van der Waals surface area contributed by atoms with E-state index in [9.17, 15) is 4.79 Å². The molecule has 94 valence electrons. The molecule has 1 unspecified atom stereocenters. The van der Waals surface area contributed by atoms with E-state index in [4.69, 9.17) is 5.73 Å². The van der Waals surface area contributed by atoms with Crippen molar-refractivity contribution in [2.75, 3.05) is 13.1 Å². The summed E-state index contributed by atoms with van der Waals surface area (Å²) in [5.41, 5.74) is 5.45. The van der Waals surface area contributed by atoms with Gasteiger partial charge in [0.25, 0.3) is 0 Å². The van der Waals surface area contributed by atoms with Crippen LogP contribution in [0.25, 0.3) is 0 Å². The standard InChI is InChI=1S/C13H26N2O/c1-3-11(6-9-14)10-15-12(16)13(2)7-4-5-8-13/h11H,3-10,14H2,1-2H3,(H,15,16). The lowest BCUT2D eigenvalue weighted by atomic mass is 9.87. The summed E-state index contributed by atoms with van der Waals surface area (Å²) in [4.78, 5) is 12.0. The second-order valence-corrected chi connectivity index (χ2v) is 5.33. The van der Waals surface area contributed by atoms with Gasteiger partial charge in [0.2, 0.25) is 5.91 Å². The van der Waals surface area contributed by atoms with Crippen LogP contribution in [0.4, 0.5) is 0 Å². The third-order valence-corrected chi connectivity index (χ3v) is 3.96. The quantitative estimate of drug-likeness (QED) is 0.728. The molecule has 16 heavy (non-hydrogen) atoms. The lowest BCUT2D eigenvalue weighted by Gasteiger charge is -2.24. The van der Waals surface area contributed by atoms with Gasteiger partial charge in [0.05, 0.1) is 0 Å². The van der Waals surface area contributed by atoms with E-state index in [0.717, 1.165) is 32.2 Å². The van der Waals surface area contributed by atoms with Crippen LogP contribution in [-0.2, 0) is 4.79 Å². The largest absolute Gasteiger partial charge is 0.355 e. The van der Waals surface area contributed by atoms with Gasteiger partial charge in [0.15, 0.2) is 0 Å². The SMILES string of the molecule is CCC(CCN)CNC(=O)C1(C)CCCC1. The van der Waals surface area contributed by atoms with Crippen LogP contribution in [0.1, 0.15) is 52.4 Å². The van der Waals surface area contributed by atoms with Crippen LogP contribution in [0.15, 0.2) is 0 Å². The maximum atomic E-state index is 12.0. The number of carbonyl (C=O) groups is 1. The highest BCUT2D eigenvalue weighted by Crippen LogP contribution is 2.37. The Morgan fingerprint density at radius 2 is 2.06 bits per heavy atom. The van der Waals surface area contributed by atoms with Crippen molar-refractivity contribution in [1.82, 2.24) is 5.32 Å². The summed E-state index contributed by atoms with van der Waals surface area (Å²) in [6.45, 7) is 5.76. The maximum absolute atomic E-state index is 12.0. The third kappa shape index (κ3) is 3.48. The van der Waals surface area contributed by atoms with Gasteiger partial charge < -0.3 is 11.1 Å². The van der Waals surface area contributed by atoms with E-state index in [-0.39, 0.29) is 11.3 Å². The van der Waals surface area contributed by atoms with Crippen LogP contribution in [-0.4, -0.2) is 19.0 Å². The monoisotopic (exact) mass is 226 g/mol. The molecule has 1 rings (SSSR count). The van der Waals surface area contributed by atoms with E-state index in [1.807, 2.05) is 0 Å². The van der Waals surface area contributed by atoms with Gasteiger partial charge >= 0.3 is 0 Å². The van der Waals surface area contributed by atoms with E-state index in [0.29, 0.717) is 12.5 Å². The molecule has 0 heterocycles. The van der Waals surface area contributed by atoms with Crippen molar-refractivity contribution in [3.63, 3.8) is 0 Å². The predicted octanol–water partition coefficient (Wildman–Crippen LogP) is 2.06. The molecule has 0 saturated heterocycles. The molecular weight excluding hydrogens is 200 g/mol. The van der Waals surface area contributed by atoms with Crippen molar-refractivity contribution in [1.29, 1.82) is 0 Å². The van der Waals surface area contributed by atoms with Crippen molar-refractivity contribution in [2.45, 2.75) is 52.4 Å². The van der Waals surface area contributed by atoms with E-state index in [2.05, 4.69) is 19.2 Å². The molecule has 0 radical (unpaired) electrons. The zero-order valence-electron chi connectivity index (χ0n) is 10.7. The summed E-state index contributed by atoms with van der Waals surface area (Å²) in [6, 6.07) is 0. The van der Waals surface area contributed by atoms with E-state index < -0.39 is 0 Å². The molecular formula is C13H26N2O. The Bertz CT molecular complexity index is 222. The Morgan fingerprint density at radius 1 is 1.44 bits per heavy atom. The topological polar surface area (TPSA) is 55.1 Å². The summed E-state index contributed by atoms with van der Waals surface area (Å²) in [7, 11) is 0. The lowest BCUT2D eigenvalue weighted by molar-refractivity contribution is -0.130. The molecule has 1 atom stereocenters. The molecule has 1 saturated carbocycles. The first-order chi connectivity index (χ1) is 7.62. The average Bonchev–Trinajstić information content (AvgIpc) is 2.72. The minimum absolute atomic E-state index is 0.0962. The van der Waals surface area contributed by atoms with Gasteiger partial charge in [-0.2, -0.15) is 0 Å². The fourth-order valence-corrected chi connectivity index (χ4v) is 2.52. The second-order valence-electron chi connectivity index (χ2n) is 5.33. The Labute approximate surface area is 99.2 Å². The Balaban J connectivity index is 2.33. The van der Waals surface area contributed by atoms with E-state index in [1.165, 1.54) is 12.8 Å². The van der Waals surface area contributed by atoms with Gasteiger partial charge in [-0.15, -0.1) is 0 Å². The summed E-state index contributed by atoms with van der Waals surface area (Å²) >= 11 is 0. The van der Waals surface area contributed by atoms with Gasteiger partial charge in [0, 0.05) is 12.0 Å². The molecule has 0 aromatic carbocycles. The van der Waals surface area contributed by atoms with Crippen molar-refractivity contribution >= 4 is 5.91 Å². The fraction of sp³-hybridized carbons (Fsp3) is 0.923. The van der Waals surface area contributed by atoms with Gasteiger partial charge in [-0.25, -0.2) is 0 Å². The number of amides is 1. The third-order valence-electron chi connectivity index (χ3n) is 3.96. The molecule has 1 fully saturated rings. The predicted molar refractivity (Wildman–Crippen MR) is 67.0 cm³/mol. The molecule has 3 nitrogen and oxygen atoms in total. The molecule has 3 heteroatoms. The van der Waals surface area contributed by atoms with Gasteiger partial charge in [0.1, 0.15) is 0 Å². The number of carbonyl (C=O) groups excluding carboxylic acids is 1. The first-order valence-electron chi connectivity index (χ1n) is 6.60. The van der Waals surface area contributed by atoms with Crippen LogP contribution in [0.3, 0.4) is 0 Å². The first kappa shape index (κ1) is 13.5. The number of hydrogen-bond donors (Lipinski definition) is 2. The lowest BCUT2D eigenvalue weighted by Crippen LogP contribution is -2.39. The summed E-state index contributed by atoms with van der Waals surface area (Å²) in [5, 5.41) is 3.11. The molecule has 0 aromatic heterocycles. The van der Waals surface area contributed by atoms with Gasteiger partial charge in [-0.1, -0.05) is 33.1 Å². The highest BCUT2D eigenvalue weighted by Gasteiger charge is 2.35. The smallest absolute Gasteiger partial charge is 0.225 e. The van der Waals surface area contributed by atoms with Gasteiger partial charge in [-0.05, 0) is 31.7 Å². The minimum Gasteiger partial charge on any atom is -0.355 e. The Kier molecular flexibility index (Phi) is 5.26. The fourth-order valence-electron chi connectivity index (χ4n) is 2.52. The Morgan fingerprint density at radius 3 is 2.56 bits per heavy atom. The number of rotatable bonds is 6. The molecule has 1 aliphatic rings. The number of hydrogen-bond acceptors (Lipinski definition) is 2. The van der Waals surface area contributed by atoms with Crippen molar-refractivity contribution in [3.05, 3.63) is 0 Å². The van der Waals surface area contributed by atoms with Crippen LogP contribution in [0.2, 0.25) is 0 Å². The first-order valence-corrected chi connectivity index (χ1v) is 6.60. The van der Waals surface area contributed by atoms with Gasteiger partial charge in [-0.3, -0.25) is 4.79 Å². The highest BCUT2D eigenvalue weighted by atomic mass is 16.2. The van der Waals surface area contributed by atoms with Crippen LogP contribution >= 0.6 is 0 Å². The molecule has 1 aliphatic carbocycles. The van der Waals surface area contributed by atoms with Crippen molar-refractivity contribution < 1.29 is 4.79 Å². The van der Waals surface area contributed by atoms with E-state index in [1.54, 1.807) is 0 Å². The Hall–Kier alpha value is -0.570. The normalized spacial score (nSPS) is 20.7. The summed E-state index contributed by atoms with van der Waals surface area (Å²) in [6.07, 6.45) is 6.59. The molecule has 0 spiro atoms. The van der Waals surface area contributed by atoms with Crippen molar-refractivity contribution in [2.24, 2.45) is 17.1 Å². The molecule has 0 aromatic rings. The van der Waals surface area contributed by atoms with Crippen LogP contribution in [0.5, 0.6) is 0 Å². The zero-order valence-corrected chi connectivity index (χ0v) is 10.7. The average molecular weight is 226 g/mol. The van der Waals surface area contributed by atoms with Crippen molar-refractivity contribution in [3.8, 4) is 0 Å². The highest BCUT2D eigenvalue weighted by molar-refractivity contribution is 5.82. The van der Waals surface area contributed by atoms with Crippen LogP contribution < -0.4 is 11.1 Å². The molecule has 1 amide bonds. The number of nitrogens with two attached hydrogens (primary N) is 1. The van der Waals surface area contributed by atoms with Crippen LogP contribution in [0, 0.1) is 11.3 Å². The minimum atomic E-state index is -0.0962. The second kappa shape index (κ2) is 6.24.